The van der Waals surface area contributed by atoms with E-state index in [0.29, 0.717) is 0 Å². The van der Waals surface area contributed by atoms with E-state index in [9.17, 15) is 0 Å². The predicted molar refractivity (Wildman–Crippen MR) is 299 cm³/mol. The van der Waals surface area contributed by atoms with Crippen LogP contribution in [-0.4, -0.2) is 4.57 Å². The van der Waals surface area contributed by atoms with E-state index in [4.69, 9.17) is 4.42 Å². The summed E-state index contributed by atoms with van der Waals surface area (Å²) in [7, 11) is 0. The van der Waals surface area contributed by atoms with E-state index < -0.39 is 0 Å². The van der Waals surface area contributed by atoms with Crippen LogP contribution in [0.5, 0.6) is 0 Å². The van der Waals surface area contributed by atoms with Crippen LogP contribution in [0.3, 0.4) is 0 Å². The molecule has 0 aliphatic rings. The standard InChI is InChI=1S/C68H44N2O/c1-2-18-54-47(15-1)35-36-51-43-50(39-42-55(51)54)49-16-13-17-53(44-49)69(64-27-9-6-22-59(64)61-24-14-25-62-60-23-7-12-30-67(60)71-68(61)62)52-40-37-46(38-41-52)45-31-33-48(34-32-45)56-19-3-8-26-63(56)70-65-28-10-4-20-57(65)58-21-5-11-29-66(58)70/h1-44H. The van der Waals surface area contributed by atoms with Crippen LogP contribution in [0.25, 0.3) is 115 Å². The second-order valence-corrected chi connectivity index (χ2v) is 18.4. The Hall–Kier alpha value is -9.44. The Kier molecular flexibility index (Phi) is 9.53. The highest BCUT2D eigenvalue weighted by molar-refractivity contribution is 6.12. The number of para-hydroxylation sites is 6. The van der Waals surface area contributed by atoms with Gasteiger partial charge >= 0.3 is 0 Å². The molecule has 3 heteroatoms. The van der Waals surface area contributed by atoms with Gasteiger partial charge in [0.2, 0.25) is 0 Å². The molecule has 71 heavy (non-hydrogen) atoms. The normalized spacial score (nSPS) is 11.7. The molecule has 14 rings (SSSR count). The number of nitrogens with zero attached hydrogens (tertiary/aromatic N) is 2. The van der Waals surface area contributed by atoms with Gasteiger partial charge in [0, 0.05) is 49.6 Å². The Morgan fingerprint density at radius 2 is 0.845 bits per heavy atom. The first-order valence-electron chi connectivity index (χ1n) is 24.3. The zero-order valence-electron chi connectivity index (χ0n) is 38.7. The third kappa shape index (κ3) is 6.82. The van der Waals surface area contributed by atoms with Gasteiger partial charge in [-0.25, -0.2) is 0 Å². The van der Waals surface area contributed by atoms with Crippen molar-refractivity contribution >= 4 is 82.4 Å². The monoisotopic (exact) mass is 904 g/mol. The summed E-state index contributed by atoms with van der Waals surface area (Å²) >= 11 is 0. The quantitative estimate of drug-likeness (QED) is 0.142. The van der Waals surface area contributed by atoms with Gasteiger partial charge in [0.25, 0.3) is 0 Å². The lowest BCUT2D eigenvalue weighted by Gasteiger charge is -2.28. The fourth-order valence-corrected chi connectivity index (χ4v) is 11.0. The number of hydrogen-bond acceptors (Lipinski definition) is 2. The van der Waals surface area contributed by atoms with Crippen molar-refractivity contribution in [3.8, 4) is 50.2 Å². The van der Waals surface area contributed by atoms with Crippen LogP contribution < -0.4 is 4.90 Å². The zero-order chi connectivity index (χ0) is 46.8. The van der Waals surface area contributed by atoms with Crippen LogP contribution in [-0.2, 0) is 0 Å². The Morgan fingerprint density at radius 1 is 0.296 bits per heavy atom. The Bertz CT molecular complexity index is 4290. The highest BCUT2D eigenvalue weighted by atomic mass is 16.3. The number of hydrogen-bond donors (Lipinski definition) is 0. The summed E-state index contributed by atoms with van der Waals surface area (Å²) in [5.74, 6) is 0. The van der Waals surface area contributed by atoms with Crippen LogP contribution in [0.2, 0.25) is 0 Å². The highest BCUT2D eigenvalue weighted by Crippen LogP contribution is 2.46. The van der Waals surface area contributed by atoms with Gasteiger partial charge in [0.15, 0.2) is 0 Å². The van der Waals surface area contributed by atoms with Gasteiger partial charge in [-0.3, -0.25) is 0 Å². The number of rotatable bonds is 8. The average Bonchev–Trinajstić information content (AvgIpc) is 4.00. The molecule has 12 aromatic carbocycles. The van der Waals surface area contributed by atoms with Crippen molar-refractivity contribution in [1.82, 2.24) is 4.57 Å². The van der Waals surface area contributed by atoms with Gasteiger partial charge in [-0.15, -0.1) is 0 Å². The van der Waals surface area contributed by atoms with E-state index in [-0.39, 0.29) is 0 Å². The van der Waals surface area contributed by atoms with E-state index in [1.165, 1.54) is 60.0 Å². The molecule has 0 N–H and O–H groups in total. The molecule has 0 aliphatic heterocycles. The lowest BCUT2D eigenvalue weighted by atomic mass is 9.96. The smallest absolute Gasteiger partial charge is 0.143 e. The molecule has 0 radical (unpaired) electrons. The molecule has 0 bridgehead atoms. The van der Waals surface area contributed by atoms with Crippen molar-refractivity contribution in [3.63, 3.8) is 0 Å². The van der Waals surface area contributed by atoms with E-state index in [1.807, 2.05) is 6.07 Å². The molecule has 0 atom stereocenters. The maximum absolute atomic E-state index is 6.66. The largest absolute Gasteiger partial charge is 0.455 e. The molecule has 3 nitrogen and oxygen atoms in total. The summed E-state index contributed by atoms with van der Waals surface area (Å²) in [5.41, 5.74) is 17.6. The minimum absolute atomic E-state index is 0.884. The van der Waals surface area contributed by atoms with Crippen LogP contribution in [0.15, 0.2) is 271 Å². The molecule has 0 saturated heterocycles. The number of fused-ring (bicyclic) bond motifs is 9. The van der Waals surface area contributed by atoms with Gasteiger partial charge < -0.3 is 13.9 Å². The molecule has 0 spiro atoms. The second-order valence-electron chi connectivity index (χ2n) is 18.4. The molecule has 0 unspecified atom stereocenters. The Labute approximate surface area is 411 Å². The summed E-state index contributed by atoms with van der Waals surface area (Å²) < 4.78 is 9.07. The van der Waals surface area contributed by atoms with Crippen molar-refractivity contribution in [2.24, 2.45) is 0 Å². The molecule has 14 aromatic rings. The number of anilines is 3. The summed E-state index contributed by atoms with van der Waals surface area (Å²) in [5, 5.41) is 9.75. The van der Waals surface area contributed by atoms with Crippen molar-refractivity contribution in [1.29, 1.82) is 0 Å². The first kappa shape index (κ1) is 40.6. The number of aromatic nitrogens is 1. The molecule has 2 aromatic heterocycles. The fourth-order valence-electron chi connectivity index (χ4n) is 11.0. The second kappa shape index (κ2) is 16.7. The Morgan fingerprint density at radius 3 is 1.65 bits per heavy atom. The molecule has 2 heterocycles. The van der Waals surface area contributed by atoms with Crippen molar-refractivity contribution in [2.75, 3.05) is 4.90 Å². The van der Waals surface area contributed by atoms with Gasteiger partial charge in [0.05, 0.1) is 22.4 Å². The molecule has 0 fully saturated rings. The molecule has 0 amide bonds. The highest BCUT2D eigenvalue weighted by Gasteiger charge is 2.22. The first-order chi connectivity index (χ1) is 35.2. The van der Waals surface area contributed by atoms with Gasteiger partial charge in [0.1, 0.15) is 11.2 Å². The van der Waals surface area contributed by atoms with Crippen LogP contribution >= 0.6 is 0 Å². The van der Waals surface area contributed by atoms with E-state index in [2.05, 4.69) is 270 Å². The van der Waals surface area contributed by atoms with Crippen LogP contribution in [0.1, 0.15) is 0 Å². The molecule has 332 valence electrons. The van der Waals surface area contributed by atoms with Crippen molar-refractivity contribution in [2.45, 2.75) is 0 Å². The SMILES string of the molecule is c1cc(-c2ccc3c(ccc4ccccc43)c2)cc(N(c2ccc(-c3ccc(-c4ccccc4-n4c5ccccc5c5ccccc54)cc3)cc2)c2ccccc2-c2cccc3c2oc2ccccc23)c1. The molecular weight excluding hydrogens is 861 g/mol. The summed E-state index contributed by atoms with van der Waals surface area (Å²) in [4.78, 5) is 2.40. The summed E-state index contributed by atoms with van der Waals surface area (Å²) in [6.07, 6.45) is 0. The fraction of sp³-hybridized carbons (Fsp3) is 0. The van der Waals surface area contributed by atoms with E-state index in [1.54, 1.807) is 0 Å². The van der Waals surface area contributed by atoms with Crippen molar-refractivity contribution < 1.29 is 4.42 Å². The third-order valence-corrected chi connectivity index (χ3v) is 14.4. The summed E-state index contributed by atoms with van der Waals surface area (Å²) in [6, 6.07) is 96.7. The average molecular weight is 905 g/mol. The minimum atomic E-state index is 0.884. The molecular formula is C68H44N2O. The van der Waals surface area contributed by atoms with Crippen LogP contribution in [0, 0.1) is 0 Å². The minimum Gasteiger partial charge on any atom is -0.455 e. The van der Waals surface area contributed by atoms with E-state index in [0.717, 1.165) is 72.5 Å². The topological polar surface area (TPSA) is 21.3 Å². The van der Waals surface area contributed by atoms with Gasteiger partial charge in [-0.1, -0.05) is 206 Å². The lowest BCUT2D eigenvalue weighted by molar-refractivity contribution is 0.670. The third-order valence-electron chi connectivity index (χ3n) is 14.4. The van der Waals surface area contributed by atoms with Crippen LogP contribution in [0.4, 0.5) is 17.1 Å². The maximum atomic E-state index is 6.66. The predicted octanol–water partition coefficient (Wildman–Crippen LogP) is 19.1. The van der Waals surface area contributed by atoms with Crippen molar-refractivity contribution in [3.05, 3.63) is 267 Å². The lowest BCUT2D eigenvalue weighted by Crippen LogP contribution is -2.11. The van der Waals surface area contributed by atoms with Gasteiger partial charge in [-0.2, -0.15) is 0 Å². The molecule has 0 saturated carbocycles. The number of furan rings is 1. The van der Waals surface area contributed by atoms with E-state index >= 15 is 0 Å². The first-order valence-corrected chi connectivity index (χ1v) is 24.3. The number of benzene rings is 12. The zero-order valence-corrected chi connectivity index (χ0v) is 38.7. The molecule has 0 aliphatic carbocycles. The maximum Gasteiger partial charge on any atom is 0.143 e. The summed E-state index contributed by atoms with van der Waals surface area (Å²) in [6.45, 7) is 0. The van der Waals surface area contributed by atoms with Gasteiger partial charge in [-0.05, 0) is 110 Å². The Balaban J connectivity index is 0.865.